The molecule has 2 aromatic carbocycles. The summed E-state index contributed by atoms with van der Waals surface area (Å²) >= 11 is 5.81. The highest BCUT2D eigenvalue weighted by molar-refractivity contribution is 7.80. The largest absolute Gasteiger partial charge is 0.497 e. The van der Waals surface area contributed by atoms with Crippen molar-refractivity contribution in [3.63, 3.8) is 0 Å². The summed E-state index contributed by atoms with van der Waals surface area (Å²) in [5.74, 6) is 1.71. The van der Waals surface area contributed by atoms with Crippen LogP contribution >= 0.6 is 12.2 Å². The summed E-state index contributed by atoms with van der Waals surface area (Å²) in [7, 11) is 1.66. The third-order valence-corrected chi connectivity index (χ3v) is 5.48. The minimum atomic E-state index is 0.0488. The van der Waals surface area contributed by atoms with Crippen molar-refractivity contribution in [1.82, 2.24) is 9.47 Å². The molecule has 29 heavy (non-hydrogen) atoms. The number of hydrogen-bond donors (Lipinski definition) is 1. The lowest BCUT2D eigenvalue weighted by molar-refractivity contribution is 0.293. The number of anilines is 1. The van der Waals surface area contributed by atoms with Crippen molar-refractivity contribution in [3.8, 4) is 11.5 Å². The number of fused-ring (bicyclic) bond motifs is 1. The molecule has 1 unspecified atom stereocenters. The average Bonchev–Trinajstić information content (AvgIpc) is 3.23. The first-order valence-electron chi connectivity index (χ1n) is 9.79. The minimum absolute atomic E-state index is 0.0488. The molecule has 1 aliphatic rings. The zero-order valence-electron chi connectivity index (χ0n) is 16.7. The Bertz CT molecular complexity index is 967. The van der Waals surface area contributed by atoms with Gasteiger partial charge in [-0.1, -0.05) is 12.1 Å². The number of nitrogens with one attached hydrogen (secondary N) is 1. The van der Waals surface area contributed by atoms with E-state index in [9.17, 15) is 0 Å². The zero-order chi connectivity index (χ0) is 20.2. The fourth-order valence-electron chi connectivity index (χ4n) is 3.74. The third-order valence-electron chi connectivity index (χ3n) is 5.15. The molecule has 5 nitrogen and oxygen atoms in total. The van der Waals surface area contributed by atoms with Crippen LogP contribution in [0.3, 0.4) is 0 Å². The number of methoxy groups -OCH3 is 1. The van der Waals surface area contributed by atoms with E-state index in [4.69, 9.17) is 21.7 Å². The lowest BCUT2D eigenvalue weighted by atomic mass is 10.00. The summed E-state index contributed by atoms with van der Waals surface area (Å²) in [6.07, 6.45) is 2.13. The van der Waals surface area contributed by atoms with Crippen LogP contribution in [0.5, 0.6) is 11.5 Å². The second-order valence-corrected chi connectivity index (χ2v) is 7.27. The molecule has 0 fully saturated rings. The molecule has 0 amide bonds. The van der Waals surface area contributed by atoms with Crippen LogP contribution in [0.2, 0.25) is 0 Å². The standard InChI is InChI=1S/C23H25N3O2S/c1-3-28-20-10-6-17(7-11-20)22-21-5-4-14-25(21)15-16-26(22)23(29)24-18-8-12-19(27-2)13-9-18/h4-14,22H,3,15-16H2,1-2H3,(H,24,29). The number of rotatable bonds is 5. The van der Waals surface area contributed by atoms with E-state index >= 15 is 0 Å². The van der Waals surface area contributed by atoms with E-state index < -0.39 is 0 Å². The molecule has 150 valence electrons. The van der Waals surface area contributed by atoms with E-state index in [-0.39, 0.29) is 6.04 Å². The van der Waals surface area contributed by atoms with Gasteiger partial charge in [-0.05, 0) is 73.2 Å². The van der Waals surface area contributed by atoms with Crippen LogP contribution in [-0.4, -0.2) is 34.8 Å². The molecule has 6 heteroatoms. The monoisotopic (exact) mass is 407 g/mol. The first-order chi connectivity index (χ1) is 14.2. The van der Waals surface area contributed by atoms with Crippen LogP contribution in [0.15, 0.2) is 66.9 Å². The lowest BCUT2D eigenvalue weighted by Crippen LogP contribution is -2.44. The third kappa shape index (κ3) is 4.07. The maximum atomic E-state index is 5.81. The summed E-state index contributed by atoms with van der Waals surface area (Å²) < 4.78 is 13.1. The van der Waals surface area contributed by atoms with Gasteiger partial charge in [-0.15, -0.1) is 0 Å². The predicted molar refractivity (Wildman–Crippen MR) is 120 cm³/mol. The lowest BCUT2D eigenvalue weighted by Gasteiger charge is -2.39. The zero-order valence-corrected chi connectivity index (χ0v) is 17.5. The molecule has 0 aliphatic carbocycles. The SMILES string of the molecule is CCOc1ccc(C2c3cccn3CCN2C(=S)Nc2ccc(OC)cc2)cc1. The molecular formula is C23H25N3O2S. The molecule has 0 radical (unpaired) electrons. The van der Waals surface area contributed by atoms with E-state index in [1.54, 1.807) is 7.11 Å². The quantitative estimate of drug-likeness (QED) is 0.621. The van der Waals surface area contributed by atoms with Crippen molar-refractivity contribution in [3.05, 3.63) is 78.1 Å². The smallest absolute Gasteiger partial charge is 0.174 e. The van der Waals surface area contributed by atoms with Crippen LogP contribution < -0.4 is 14.8 Å². The van der Waals surface area contributed by atoms with Crippen molar-refractivity contribution in [2.45, 2.75) is 19.5 Å². The van der Waals surface area contributed by atoms with Crippen LogP contribution in [-0.2, 0) is 6.54 Å². The predicted octanol–water partition coefficient (Wildman–Crippen LogP) is 4.70. The molecule has 3 aromatic rings. The van der Waals surface area contributed by atoms with Crippen LogP contribution in [0.4, 0.5) is 5.69 Å². The number of ether oxygens (including phenoxy) is 2. The summed E-state index contributed by atoms with van der Waals surface area (Å²) in [5, 5.41) is 4.09. The number of benzene rings is 2. The topological polar surface area (TPSA) is 38.7 Å². The second kappa shape index (κ2) is 8.57. The molecule has 0 spiro atoms. The van der Waals surface area contributed by atoms with Crippen LogP contribution in [0.1, 0.15) is 24.2 Å². The summed E-state index contributed by atoms with van der Waals surface area (Å²) in [5.41, 5.74) is 3.37. The Morgan fingerprint density at radius 1 is 1.03 bits per heavy atom. The number of hydrogen-bond acceptors (Lipinski definition) is 3. The summed E-state index contributed by atoms with van der Waals surface area (Å²) in [6, 6.07) is 20.4. The van der Waals surface area contributed by atoms with E-state index in [0.29, 0.717) is 11.7 Å². The van der Waals surface area contributed by atoms with Crippen LogP contribution in [0.25, 0.3) is 0 Å². The molecule has 1 aliphatic heterocycles. The van der Waals surface area contributed by atoms with Gasteiger partial charge in [0.05, 0.1) is 19.8 Å². The highest BCUT2D eigenvalue weighted by atomic mass is 32.1. The molecule has 0 saturated carbocycles. The first kappa shape index (κ1) is 19.3. The Kier molecular flexibility index (Phi) is 5.71. The molecular weight excluding hydrogens is 382 g/mol. The van der Waals surface area contributed by atoms with Crippen molar-refractivity contribution >= 4 is 23.0 Å². The minimum Gasteiger partial charge on any atom is -0.497 e. The normalized spacial score (nSPS) is 15.5. The van der Waals surface area contributed by atoms with E-state index in [1.165, 1.54) is 11.3 Å². The highest BCUT2D eigenvalue weighted by Crippen LogP contribution is 2.34. The van der Waals surface area contributed by atoms with Gasteiger partial charge in [0.25, 0.3) is 0 Å². The Hall–Kier alpha value is -2.99. The Morgan fingerprint density at radius 2 is 1.76 bits per heavy atom. The molecule has 1 aromatic heterocycles. The summed E-state index contributed by atoms with van der Waals surface area (Å²) in [6.45, 7) is 4.39. The number of thiocarbonyl (C=S) groups is 1. The van der Waals surface area contributed by atoms with E-state index in [0.717, 1.165) is 30.3 Å². The maximum absolute atomic E-state index is 5.81. The van der Waals surface area contributed by atoms with Crippen molar-refractivity contribution in [2.75, 3.05) is 25.6 Å². The first-order valence-corrected chi connectivity index (χ1v) is 10.2. The number of aromatic nitrogens is 1. The maximum Gasteiger partial charge on any atom is 0.174 e. The van der Waals surface area contributed by atoms with Gasteiger partial charge in [0, 0.05) is 30.7 Å². The van der Waals surface area contributed by atoms with Gasteiger partial charge in [-0.3, -0.25) is 0 Å². The van der Waals surface area contributed by atoms with Gasteiger partial charge < -0.3 is 24.3 Å². The van der Waals surface area contributed by atoms with Crippen molar-refractivity contribution in [1.29, 1.82) is 0 Å². The van der Waals surface area contributed by atoms with Gasteiger partial charge in [0.1, 0.15) is 11.5 Å². The fourth-order valence-corrected chi connectivity index (χ4v) is 4.05. The summed E-state index contributed by atoms with van der Waals surface area (Å²) in [4.78, 5) is 2.25. The molecule has 0 bridgehead atoms. The van der Waals surface area contributed by atoms with Gasteiger partial charge in [-0.2, -0.15) is 0 Å². The Labute approximate surface area is 176 Å². The molecule has 2 heterocycles. The van der Waals surface area contributed by atoms with Crippen LogP contribution in [0, 0.1) is 0 Å². The van der Waals surface area contributed by atoms with E-state index in [2.05, 4.69) is 45.2 Å². The van der Waals surface area contributed by atoms with Crippen molar-refractivity contribution < 1.29 is 9.47 Å². The van der Waals surface area contributed by atoms with Gasteiger partial charge in [0.15, 0.2) is 5.11 Å². The average molecular weight is 408 g/mol. The molecule has 4 rings (SSSR count). The number of nitrogens with zero attached hydrogens (tertiary/aromatic N) is 2. The van der Waals surface area contributed by atoms with E-state index in [1.807, 2.05) is 43.3 Å². The second-order valence-electron chi connectivity index (χ2n) is 6.88. The van der Waals surface area contributed by atoms with Gasteiger partial charge >= 0.3 is 0 Å². The van der Waals surface area contributed by atoms with Crippen molar-refractivity contribution in [2.24, 2.45) is 0 Å². The van der Waals surface area contributed by atoms with Gasteiger partial charge in [0.2, 0.25) is 0 Å². The molecule has 1 atom stereocenters. The Morgan fingerprint density at radius 3 is 2.45 bits per heavy atom. The molecule has 0 saturated heterocycles. The Balaban J connectivity index is 1.61. The highest BCUT2D eigenvalue weighted by Gasteiger charge is 2.30. The van der Waals surface area contributed by atoms with Gasteiger partial charge in [-0.25, -0.2) is 0 Å². The fraction of sp³-hybridized carbons (Fsp3) is 0.261. The molecule has 1 N–H and O–H groups in total.